The largest absolute Gasteiger partial charge is 0.381 e. The monoisotopic (exact) mass is 614 g/mol. The second-order valence-electron chi connectivity index (χ2n) is 15.8. The van der Waals surface area contributed by atoms with E-state index in [2.05, 4.69) is 71.9 Å². The molecule has 0 heterocycles. The Morgan fingerprint density at radius 1 is 1.02 bits per heavy atom. The Hall–Kier alpha value is -0.820. The summed E-state index contributed by atoms with van der Waals surface area (Å²) in [5, 5.41) is 0. The average molecular weight is 615 g/mol. The summed E-state index contributed by atoms with van der Waals surface area (Å²) in [5.41, 5.74) is 2.28. The van der Waals surface area contributed by atoms with Crippen LogP contribution in [0.15, 0.2) is 40.1 Å². The highest BCUT2D eigenvalue weighted by Crippen LogP contribution is 2.82. The molecule has 1 spiro atoms. The molecule has 5 aliphatic rings. The summed E-state index contributed by atoms with van der Waals surface area (Å²) in [6.45, 7) is 13.9. The van der Waals surface area contributed by atoms with Crippen molar-refractivity contribution in [2.45, 2.75) is 110 Å². The quantitative estimate of drug-likeness (QED) is 0.205. The van der Waals surface area contributed by atoms with E-state index in [1.807, 2.05) is 7.11 Å². The van der Waals surface area contributed by atoms with Gasteiger partial charge in [-0.05, 0) is 123 Å². The summed E-state index contributed by atoms with van der Waals surface area (Å²) in [7, 11) is -1.68. The number of benzene rings is 1. The van der Waals surface area contributed by atoms with Crippen LogP contribution in [-0.4, -0.2) is 34.0 Å². The smallest absolute Gasteiger partial charge is 0.265 e. The first-order chi connectivity index (χ1) is 19.7. The molecule has 42 heavy (non-hydrogen) atoms. The summed E-state index contributed by atoms with van der Waals surface area (Å²) in [4.78, 5) is 2.16. The number of fused-ring (bicyclic) bond motifs is 4. The van der Waals surface area contributed by atoms with E-state index in [4.69, 9.17) is 8.92 Å². The van der Waals surface area contributed by atoms with Gasteiger partial charge >= 0.3 is 0 Å². The van der Waals surface area contributed by atoms with Gasteiger partial charge in [-0.2, -0.15) is 8.42 Å². The summed E-state index contributed by atoms with van der Waals surface area (Å²) >= 11 is 1.68. The van der Waals surface area contributed by atoms with Crippen LogP contribution in [0.5, 0.6) is 0 Å². The van der Waals surface area contributed by atoms with Crippen LogP contribution in [0.3, 0.4) is 0 Å². The summed E-state index contributed by atoms with van der Waals surface area (Å²) < 4.78 is 38.0. The van der Waals surface area contributed by atoms with Crippen LogP contribution >= 0.6 is 11.8 Å². The van der Waals surface area contributed by atoms with Gasteiger partial charge in [0.15, 0.2) is 0 Å². The summed E-state index contributed by atoms with van der Waals surface area (Å²) in [6, 6.07) is 8.53. The zero-order valence-electron chi connectivity index (χ0n) is 27.2. The van der Waals surface area contributed by atoms with Crippen LogP contribution in [0, 0.1) is 64.6 Å². The minimum Gasteiger partial charge on any atom is -0.381 e. The molecule has 4 nitrogen and oxygen atoms in total. The van der Waals surface area contributed by atoms with Crippen molar-refractivity contribution in [3.63, 3.8) is 0 Å². The Kier molecular flexibility index (Phi) is 8.10. The predicted molar refractivity (Wildman–Crippen MR) is 173 cm³/mol. The van der Waals surface area contributed by atoms with Crippen molar-refractivity contribution in [1.82, 2.24) is 0 Å². The van der Waals surface area contributed by atoms with Gasteiger partial charge in [0, 0.05) is 22.3 Å². The van der Waals surface area contributed by atoms with E-state index in [0.29, 0.717) is 34.7 Å². The van der Waals surface area contributed by atoms with Gasteiger partial charge in [-0.1, -0.05) is 70.2 Å². The van der Waals surface area contributed by atoms with Crippen LogP contribution < -0.4 is 0 Å². The molecule has 0 amide bonds. The zero-order chi connectivity index (χ0) is 30.2. The minimum atomic E-state index is -3.65. The van der Waals surface area contributed by atoms with Gasteiger partial charge in [0.2, 0.25) is 0 Å². The van der Waals surface area contributed by atoms with Crippen LogP contribution in [-0.2, 0) is 19.0 Å². The lowest BCUT2D eigenvalue weighted by atomic mass is 9.45. The highest BCUT2D eigenvalue weighted by atomic mass is 32.2. The molecular formula is C36H54O4S2. The van der Waals surface area contributed by atoms with Crippen LogP contribution in [0.25, 0.3) is 0 Å². The number of allylic oxidation sites excluding steroid dienone is 1. The number of methoxy groups -OCH3 is 1. The Morgan fingerprint density at radius 2 is 1.74 bits per heavy atom. The lowest BCUT2D eigenvalue weighted by Gasteiger charge is -2.61. The zero-order valence-corrected chi connectivity index (χ0v) is 28.8. The number of aryl methyl sites for hydroxylation is 1. The van der Waals surface area contributed by atoms with Crippen molar-refractivity contribution in [2.24, 2.45) is 57.7 Å². The molecule has 1 aromatic carbocycles. The second kappa shape index (κ2) is 10.9. The van der Waals surface area contributed by atoms with Gasteiger partial charge in [-0.3, -0.25) is 4.18 Å². The Labute approximate surface area is 260 Å². The van der Waals surface area contributed by atoms with Crippen molar-refractivity contribution in [2.75, 3.05) is 13.4 Å². The SMILES string of the molecule is CO[C@@H]1C[C@H]2[C@@H]3CC[C@H]([C@H](C)[C@@H](OS(C)(=O)=O)/C(=C\C(C)C)Sc4ccc(C)cc4)[C@@]3(C)CC[C@@H]2[C@@]2(C)CC[C@@H]3C[C@]312. The van der Waals surface area contributed by atoms with E-state index in [0.717, 1.165) is 28.1 Å². The Morgan fingerprint density at radius 3 is 2.36 bits per heavy atom. The molecule has 0 bridgehead atoms. The Bertz CT molecular complexity index is 1300. The predicted octanol–water partition coefficient (Wildman–Crippen LogP) is 8.89. The lowest BCUT2D eigenvalue weighted by molar-refractivity contribution is -0.161. The van der Waals surface area contributed by atoms with Gasteiger partial charge in [0.05, 0.1) is 12.4 Å². The van der Waals surface area contributed by atoms with Gasteiger partial charge < -0.3 is 4.74 Å². The standard InChI is InChI=1S/C36H54O4S2/c1-22(2)19-31(41-26-11-9-23(3)10-12-26)33(40-42(8,37)38)24(4)28-13-14-29-27-20-32(39-7)36-21-25(36)15-18-35(36,6)30(27)16-17-34(28,29)5/h9-12,19,22,24-25,27-30,32-33H,13-18,20-21H2,1-8H3/b31-19+/t24-,25+,27-,28+,29-,30-,32+,33+,34+,35+,36-/m0/s1. The molecule has 0 unspecified atom stereocenters. The lowest BCUT2D eigenvalue weighted by Crippen LogP contribution is -2.57. The first kappa shape index (κ1) is 31.2. The fourth-order valence-corrected chi connectivity index (χ4v) is 13.5. The first-order valence-corrected chi connectivity index (χ1v) is 19.2. The van der Waals surface area contributed by atoms with Crippen molar-refractivity contribution < 1.29 is 17.3 Å². The summed E-state index contributed by atoms with van der Waals surface area (Å²) in [6.07, 6.45) is 13.7. The maximum atomic E-state index is 12.8. The van der Waals surface area contributed by atoms with Gasteiger partial charge in [-0.15, -0.1) is 0 Å². The molecule has 0 aromatic heterocycles. The highest BCUT2D eigenvalue weighted by Gasteiger charge is 2.77. The van der Waals surface area contributed by atoms with E-state index < -0.39 is 16.2 Å². The number of hydrogen-bond acceptors (Lipinski definition) is 5. The molecule has 0 N–H and O–H groups in total. The van der Waals surface area contributed by atoms with Crippen molar-refractivity contribution >= 4 is 21.9 Å². The van der Waals surface area contributed by atoms with Gasteiger partial charge in [0.1, 0.15) is 6.10 Å². The third-order valence-corrected chi connectivity index (χ3v) is 15.0. The fraction of sp³-hybridized carbons (Fsp3) is 0.778. The van der Waals surface area contributed by atoms with Crippen molar-refractivity contribution in [3.8, 4) is 0 Å². The van der Waals surface area contributed by atoms with E-state index in [-0.39, 0.29) is 17.3 Å². The van der Waals surface area contributed by atoms with Crippen LogP contribution in [0.1, 0.15) is 91.5 Å². The molecule has 5 saturated carbocycles. The second-order valence-corrected chi connectivity index (χ2v) is 18.5. The number of ether oxygens (including phenoxy) is 1. The van der Waals surface area contributed by atoms with Gasteiger partial charge in [-0.25, -0.2) is 0 Å². The minimum absolute atomic E-state index is 0.0947. The van der Waals surface area contributed by atoms with E-state index in [9.17, 15) is 8.42 Å². The molecule has 1 aromatic rings. The van der Waals surface area contributed by atoms with Crippen LogP contribution in [0.4, 0.5) is 0 Å². The number of hydrogen-bond donors (Lipinski definition) is 0. The molecule has 5 fully saturated rings. The molecule has 0 radical (unpaired) electrons. The molecular weight excluding hydrogens is 561 g/mol. The van der Waals surface area contributed by atoms with E-state index >= 15 is 0 Å². The van der Waals surface area contributed by atoms with Crippen molar-refractivity contribution in [3.05, 3.63) is 40.8 Å². The van der Waals surface area contributed by atoms with Gasteiger partial charge in [0.25, 0.3) is 10.1 Å². The third kappa shape index (κ3) is 4.97. The number of thioether (sulfide) groups is 1. The number of rotatable bonds is 9. The molecule has 6 heteroatoms. The first-order valence-electron chi connectivity index (χ1n) is 16.6. The average Bonchev–Trinajstić information content (AvgIpc) is 3.42. The maximum Gasteiger partial charge on any atom is 0.265 e. The highest BCUT2D eigenvalue weighted by molar-refractivity contribution is 8.03. The normalized spacial score (nSPS) is 42.5. The van der Waals surface area contributed by atoms with Crippen molar-refractivity contribution in [1.29, 1.82) is 0 Å². The van der Waals surface area contributed by atoms with Crippen LogP contribution in [0.2, 0.25) is 0 Å². The van der Waals surface area contributed by atoms with E-state index in [1.165, 1.54) is 56.8 Å². The molecule has 11 atom stereocenters. The Balaban J connectivity index is 1.30. The third-order valence-electron chi connectivity index (χ3n) is 13.3. The molecule has 234 valence electrons. The fourth-order valence-electron chi connectivity index (χ4n) is 11.5. The summed E-state index contributed by atoms with van der Waals surface area (Å²) in [5.74, 6) is 3.89. The molecule has 0 saturated heterocycles. The molecule has 5 aliphatic carbocycles. The van der Waals surface area contributed by atoms with E-state index in [1.54, 1.807) is 11.8 Å². The maximum absolute atomic E-state index is 12.8. The topological polar surface area (TPSA) is 52.6 Å². The molecule has 6 rings (SSSR count). The molecule has 0 aliphatic heterocycles.